The molecule has 2 aromatic rings. The normalized spacial score (nSPS) is 10.8. The molecule has 0 atom stereocenters. The van der Waals surface area contributed by atoms with Gasteiger partial charge in [0.1, 0.15) is 12.1 Å². The Balaban J connectivity index is 1.91. The third kappa shape index (κ3) is 4.06. The maximum atomic E-state index is 12.8. The van der Waals surface area contributed by atoms with Gasteiger partial charge in [-0.1, -0.05) is 19.1 Å². The zero-order chi connectivity index (χ0) is 14.4. The van der Waals surface area contributed by atoms with Gasteiger partial charge in [0.2, 0.25) is 0 Å². The minimum absolute atomic E-state index is 0.225. The van der Waals surface area contributed by atoms with Crippen LogP contribution in [0.5, 0.6) is 0 Å². The van der Waals surface area contributed by atoms with Gasteiger partial charge < -0.3 is 14.6 Å². The average molecular weight is 277 g/mol. The Bertz CT molecular complexity index is 524. The van der Waals surface area contributed by atoms with Gasteiger partial charge in [0.15, 0.2) is 0 Å². The van der Waals surface area contributed by atoms with Crippen molar-refractivity contribution in [3.05, 3.63) is 47.6 Å². The van der Waals surface area contributed by atoms with Crippen LogP contribution in [0.3, 0.4) is 0 Å². The predicted octanol–water partition coefficient (Wildman–Crippen LogP) is 2.95. The number of hydrogen-bond acceptors (Lipinski definition) is 4. The molecule has 0 bridgehead atoms. The van der Waals surface area contributed by atoms with E-state index in [1.54, 1.807) is 18.4 Å². The van der Waals surface area contributed by atoms with Gasteiger partial charge in [0, 0.05) is 20.1 Å². The van der Waals surface area contributed by atoms with Gasteiger partial charge in [-0.2, -0.15) is 4.98 Å². The van der Waals surface area contributed by atoms with E-state index in [-0.39, 0.29) is 5.82 Å². The number of benzene rings is 1. The smallest absolute Gasteiger partial charge is 0.297 e. The molecular weight excluding hydrogens is 257 g/mol. The molecule has 5 heteroatoms. The van der Waals surface area contributed by atoms with E-state index in [2.05, 4.69) is 17.2 Å². The molecule has 0 radical (unpaired) electrons. The lowest BCUT2D eigenvalue weighted by atomic mass is 10.2. The Labute approximate surface area is 118 Å². The number of nitrogens with one attached hydrogen (secondary N) is 1. The maximum Gasteiger partial charge on any atom is 0.297 e. The van der Waals surface area contributed by atoms with Gasteiger partial charge in [-0.3, -0.25) is 0 Å². The van der Waals surface area contributed by atoms with Crippen LogP contribution in [0.25, 0.3) is 0 Å². The van der Waals surface area contributed by atoms with Crippen LogP contribution in [0.4, 0.5) is 10.4 Å². The van der Waals surface area contributed by atoms with Crippen LogP contribution in [-0.2, 0) is 13.1 Å². The second kappa shape index (κ2) is 7.05. The molecule has 0 spiro atoms. The molecule has 0 aliphatic heterocycles. The summed E-state index contributed by atoms with van der Waals surface area (Å²) >= 11 is 0. The van der Waals surface area contributed by atoms with Gasteiger partial charge in [-0.25, -0.2) is 4.39 Å². The summed E-state index contributed by atoms with van der Waals surface area (Å²) in [6.45, 7) is 4.43. The zero-order valence-electron chi connectivity index (χ0n) is 11.9. The highest BCUT2D eigenvalue weighted by atomic mass is 19.1. The lowest BCUT2D eigenvalue weighted by molar-refractivity contribution is 0.542. The van der Waals surface area contributed by atoms with Crippen LogP contribution < -0.4 is 10.2 Å². The second-order valence-electron chi connectivity index (χ2n) is 4.78. The Morgan fingerprint density at radius 3 is 2.75 bits per heavy atom. The second-order valence-corrected chi connectivity index (χ2v) is 4.78. The number of rotatable bonds is 7. The Hall–Kier alpha value is -1.88. The first-order valence-electron chi connectivity index (χ1n) is 6.79. The summed E-state index contributed by atoms with van der Waals surface area (Å²) in [4.78, 5) is 6.32. The molecular formula is C15H20FN3O. The molecule has 1 aromatic heterocycles. The number of oxazole rings is 1. The largest absolute Gasteiger partial charge is 0.432 e. The van der Waals surface area contributed by atoms with Gasteiger partial charge in [-0.05, 0) is 30.7 Å². The summed E-state index contributed by atoms with van der Waals surface area (Å²) < 4.78 is 18.3. The molecule has 1 heterocycles. The summed E-state index contributed by atoms with van der Waals surface area (Å²) in [5.41, 5.74) is 1.90. The minimum Gasteiger partial charge on any atom is -0.432 e. The first-order valence-corrected chi connectivity index (χ1v) is 6.79. The number of nitrogens with zero attached hydrogens (tertiary/aromatic N) is 2. The molecule has 1 N–H and O–H groups in total. The molecule has 0 unspecified atom stereocenters. The number of aromatic nitrogens is 1. The van der Waals surface area contributed by atoms with E-state index in [9.17, 15) is 4.39 Å². The van der Waals surface area contributed by atoms with Crippen LogP contribution in [0, 0.1) is 5.82 Å². The first-order chi connectivity index (χ1) is 9.69. The maximum absolute atomic E-state index is 12.8. The highest BCUT2D eigenvalue weighted by Crippen LogP contribution is 2.15. The SMILES string of the molecule is CCCNCc1coc(N(C)Cc2ccc(F)cc2)n1. The van der Waals surface area contributed by atoms with Gasteiger partial charge in [0.25, 0.3) is 6.01 Å². The lowest BCUT2D eigenvalue weighted by Gasteiger charge is -2.14. The van der Waals surface area contributed by atoms with Crippen molar-refractivity contribution in [2.24, 2.45) is 0 Å². The minimum atomic E-state index is -0.225. The molecule has 0 saturated heterocycles. The number of halogens is 1. The third-order valence-corrected chi connectivity index (χ3v) is 2.93. The van der Waals surface area contributed by atoms with E-state index < -0.39 is 0 Å². The van der Waals surface area contributed by atoms with Gasteiger partial charge in [-0.15, -0.1) is 0 Å². The number of anilines is 1. The quantitative estimate of drug-likeness (QED) is 0.790. The van der Waals surface area contributed by atoms with E-state index in [4.69, 9.17) is 4.42 Å². The standard InChI is InChI=1S/C15H20FN3O/c1-3-8-17-9-14-11-20-15(18-14)19(2)10-12-4-6-13(16)7-5-12/h4-7,11,17H,3,8-10H2,1-2H3. The van der Waals surface area contributed by atoms with E-state index in [0.29, 0.717) is 19.1 Å². The van der Waals surface area contributed by atoms with Crippen molar-refractivity contribution in [2.75, 3.05) is 18.5 Å². The highest BCUT2D eigenvalue weighted by Gasteiger charge is 2.09. The fourth-order valence-corrected chi connectivity index (χ4v) is 1.88. The third-order valence-electron chi connectivity index (χ3n) is 2.93. The van der Waals surface area contributed by atoms with Crippen molar-refractivity contribution < 1.29 is 8.81 Å². The fraction of sp³-hybridized carbons (Fsp3) is 0.400. The van der Waals surface area contributed by atoms with Crippen LogP contribution >= 0.6 is 0 Å². The Kier molecular flexibility index (Phi) is 5.12. The molecule has 108 valence electrons. The molecule has 2 rings (SSSR count). The van der Waals surface area contributed by atoms with Crippen molar-refractivity contribution in [2.45, 2.75) is 26.4 Å². The van der Waals surface area contributed by atoms with E-state index >= 15 is 0 Å². The molecule has 0 aliphatic rings. The van der Waals surface area contributed by atoms with Gasteiger partial charge >= 0.3 is 0 Å². The van der Waals surface area contributed by atoms with Crippen molar-refractivity contribution in [3.63, 3.8) is 0 Å². The number of hydrogen-bond donors (Lipinski definition) is 1. The summed E-state index contributed by atoms with van der Waals surface area (Å²) in [6.07, 6.45) is 2.76. The van der Waals surface area contributed by atoms with Crippen molar-refractivity contribution in [1.82, 2.24) is 10.3 Å². The van der Waals surface area contributed by atoms with Gasteiger partial charge in [0.05, 0.1) is 5.69 Å². The average Bonchev–Trinajstić information content (AvgIpc) is 2.91. The summed E-state index contributed by atoms with van der Waals surface area (Å²) in [7, 11) is 1.90. The zero-order valence-corrected chi connectivity index (χ0v) is 11.9. The topological polar surface area (TPSA) is 41.3 Å². The highest BCUT2D eigenvalue weighted by molar-refractivity contribution is 5.29. The first kappa shape index (κ1) is 14.5. The van der Waals surface area contributed by atoms with E-state index in [1.807, 2.05) is 11.9 Å². The van der Waals surface area contributed by atoms with E-state index in [1.165, 1.54) is 12.1 Å². The molecule has 4 nitrogen and oxygen atoms in total. The lowest BCUT2D eigenvalue weighted by Crippen LogP contribution is -2.17. The predicted molar refractivity (Wildman–Crippen MR) is 77.0 cm³/mol. The summed E-state index contributed by atoms with van der Waals surface area (Å²) in [5.74, 6) is -0.225. The van der Waals surface area contributed by atoms with Crippen molar-refractivity contribution in [1.29, 1.82) is 0 Å². The Morgan fingerprint density at radius 2 is 2.05 bits per heavy atom. The fourth-order valence-electron chi connectivity index (χ4n) is 1.88. The Morgan fingerprint density at radius 1 is 1.30 bits per heavy atom. The monoisotopic (exact) mass is 277 g/mol. The summed E-state index contributed by atoms with van der Waals surface area (Å²) in [6, 6.07) is 7.01. The molecule has 1 aromatic carbocycles. The molecule has 0 fully saturated rings. The summed E-state index contributed by atoms with van der Waals surface area (Å²) in [5, 5.41) is 3.28. The van der Waals surface area contributed by atoms with Crippen LogP contribution in [-0.4, -0.2) is 18.6 Å². The molecule has 20 heavy (non-hydrogen) atoms. The molecule has 0 aliphatic carbocycles. The van der Waals surface area contributed by atoms with Crippen LogP contribution in [0.2, 0.25) is 0 Å². The van der Waals surface area contributed by atoms with E-state index in [0.717, 1.165) is 24.2 Å². The van der Waals surface area contributed by atoms with Crippen molar-refractivity contribution >= 4 is 6.01 Å². The van der Waals surface area contributed by atoms with Crippen LogP contribution in [0.15, 0.2) is 34.9 Å². The van der Waals surface area contributed by atoms with Crippen molar-refractivity contribution in [3.8, 4) is 0 Å². The molecule has 0 amide bonds. The molecule has 0 saturated carbocycles. The van der Waals surface area contributed by atoms with Crippen LogP contribution in [0.1, 0.15) is 24.6 Å².